The first kappa shape index (κ1) is 15.0. The van der Waals surface area contributed by atoms with Crippen molar-refractivity contribution in [2.24, 2.45) is 10.3 Å². The predicted octanol–water partition coefficient (Wildman–Crippen LogP) is 3.49. The molecule has 0 N–H and O–H groups in total. The number of benzene rings is 1. The molecule has 0 saturated heterocycles. The molecule has 1 unspecified atom stereocenters. The normalized spacial score (nSPS) is 13.9. The lowest BCUT2D eigenvalue weighted by molar-refractivity contribution is 0.649. The van der Waals surface area contributed by atoms with Gasteiger partial charge in [0.05, 0.1) is 28.1 Å². The molecule has 0 aromatic heterocycles. The molecule has 0 fully saturated rings. The minimum Gasteiger partial charge on any atom is -0.248 e. The Labute approximate surface area is 114 Å². The molecule has 3 nitrogen and oxygen atoms in total. The number of hydrogen-bond donors (Lipinski definition) is 0. The molecule has 0 amide bonds. The van der Waals surface area contributed by atoms with Crippen LogP contribution in [0.15, 0.2) is 28.6 Å². The lowest BCUT2D eigenvalue weighted by Crippen LogP contribution is -2.10. The fourth-order valence-electron chi connectivity index (χ4n) is 1.37. The van der Waals surface area contributed by atoms with Crippen molar-refractivity contribution in [3.63, 3.8) is 0 Å². The van der Waals surface area contributed by atoms with E-state index in [1.807, 2.05) is 32.0 Å². The molecule has 0 aliphatic heterocycles. The summed E-state index contributed by atoms with van der Waals surface area (Å²) in [4.78, 5) is 0. The molecule has 1 atom stereocenters. The Morgan fingerprint density at radius 3 is 2.50 bits per heavy atom. The van der Waals surface area contributed by atoms with Crippen molar-refractivity contribution in [1.82, 2.24) is 0 Å². The maximum absolute atomic E-state index is 12.5. The SMILES string of the molecule is CC(C)CN=S(=O)(CC#N)Cc1ccc(Cl)cc1. The van der Waals surface area contributed by atoms with Crippen LogP contribution in [0.2, 0.25) is 5.02 Å². The third-order valence-corrected chi connectivity index (χ3v) is 4.51. The van der Waals surface area contributed by atoms with Crippen LogP contribution in [0, 0.1) is 17.2 Å². The zero-order chi connectivity index (χ0) is 13.6. The van der Waals surface area contributed by atoms with Gasteiger partial charge in [-0.05, 0) is 23.6 Å². The Kier molecular flexibility index (Phi) is 5.64. The van der Waals surface area contributed by atoms with Crippen LogP contribution in [0.5, 0.6) is 0 Å². The molecule has 0 aliphatic rings. The third kappa shape index (κ3) is 5.07. The summed E-state index contributed by atoms with van der Waals surface area (Å²) < 4.78 is 16.8. The van der Waals surface area contributed by atoms with Crippen LogP contribution < -0.4 is 0 Å². The second-order valence-electron chi connectivity index (χ2n) is 4.55. The second kappa shape index (κ2) is 6.77. The largest absolute Gasteiger partial charge is 0.248 e. The van der Waals surface area contributed by atoms with E-state index in [-0.39, 0.29) is 5.75 Å². The lowest BCUT2D eigenvalue weighted by atomic mass is 10.2. The van der Waals surface area contributed by atoms with Crippen LogP contribution >= 0.6 is 11.6 Å². The van der Waals surface area contributed by atoms with Crippen LogP contribution in [0.4, 0.5) is 0 Å². The molecular weight excluding hydrogens is 268 g/mol. The summed E-state index contributed by atoms with van der Waals surface area (Å²) in [5.74, 6) is 0.627. The average Bonchev–Trinajstić information content (AvgIpc) is 2.30. The summed E-state index contributed by atoms with van der Waals surface area (Å²) in [7, 11) is -2.48. The monoisotopic (exact) mass is 284 g/mol. The van der Waals surface area contributed by atoms with Gasteiger partial charge in [0.2, 0.25) is 0 Å². The average molecular weight is 285 g/mol. The fraction of sp³-hybridized carbons (Fsp3) is 0.462. The molecule has 5 heteroatoms. The maximum Gasteiger partial charge on any atom is 0.119 e. The van der Waals surface area contributed by atoms with Gasteiger partial charge >= 0.3 is 0 Å². The van der Waals surface area contributed by atoms with E-state index in [0.29, 0.717) is 23.2 Å². The fourth-order valence-corrected chi connectivity index (χ4v) is 3.26. The van der Waals surface area contributed by atoms with Gasteiger partial charge in [0.1, 0.15) is 5.75 Å². The van der Waals surface area contributed by atoms with Gasteiger partial charge < -0.3 is 0 Å². The number of nitriles is 1. The van der Waals surface area contributed by atoms with Crippen molar-refractivity contribution < 1.29 is 4.21 Å². The molecular formula is C13H17ClN2OS. The van der Waals surface area contributed by atoms with Crippen molar-refractivity contribution >= 4 is 21.3 Å². The molecule has 1 rings (SSSR count). The minimum absolute atomic E-state index is 0.0254. The highest BCUT2D eigenvalue weighted by Crippen LogP contribution is 2.14. The topological polar surface area (TPSA) is 53.2 Å². The van der Waals surface area contributed by atoms with E-state index >= 15 is 0 Å². The summed E-state index contributed by atoms with van der Waals surface area (Å²) in [6, 6.07) is 9.13. The van der Waals surface area contributed by atoms with Gasteiger partial charge in [-0.15, -0.1) is 0 Å². The summed E-state index contributed by atoms with van der Waals surface area (Å²) in [5, 5.41) is 9.42. The standard InChI is InChI=1S/C13H17ClN2OS/c1-11(2)9-16-18(17,8-7-15)10-12-3-5-13(14)6-4-12/h3-6,11H,8-10H2,1-2H3. The van der Waals surface area contributed by atoms with E-state index in [9.17, 15) is 4.21 Å². The first-order valence-electron chi connectivity index (χ1n) is 5.75. The molecule has 0 radical (unpaired) electrons. The summed E-state index contributed by atoms with van der Waals surface area (Å²) >= 11 is 5.80. The highest BCUT2D eigenvalue weighted by Gasteiger charge is 2.10. The van der Waals surface area contributed by atoms with E-state index < -0.39 is 9.73 Å². The number of halogens is 1. The van der Waals surface area contributed by atoms with E-state index in [1.54, 1.807) is 12.1 Å². The minimum atomic E-state index is -2.48. The molecule has 0 spiro atoms. The Balaban J connectivity index is 2.93. The molecule has 98 valence electrons. The Bertz CT molecular complexity index is 537. The van der Waals surface area contributed by atoms with Gasteiger partial charge in [-0.2, -0.15) is 5.26 Å². The number of nitrogens with zero attached hydrogens (tertiary/aromatic N) is 2. The molecule has 18 heavy (non-hydrogen) atoms. The second-order valence-corrected chi connectivity index (χ2v) is 7.37. The summed E-state index contributed by atoms with van der Waals surface area (Å²) in [6.07, 6.45) is 0. The van der Waals surface area contributed by atoms with Crippen molar-refractivity contribution in [1.29, 1.82) is 5.26 Å². The van der Waals surface area contributed by atoms with Crippen LogP contribution in [0.25, 0.3) is 0 Å². The highest BCUT2D eigenvalue weighted by molar-refractivity contribution is 7.93. The summed E-state index contributed by atoms with van der Waals surface area (Å²) in [5.41, 5.74) is 0.896. The van der Waals surface area contributed by atoms with Gasteiger partial charge in [0.25, 0.3) is 0 Å². The molecule has 0 saturated carbocycles. The van der Waals surface area contributed by atoms with Crippen molar-refractivity contribution in [2.75, 3.05) is 12.3 Å². The van der Waals surface area contributed by atoms with Crippen molar-refractivity contribution in [3.8, 4) is 6.07 Å². The smallest absolute Gasteiger partial charge is 0.119 e. The van der Waals surface area contributed by atoms with Gasteiger partial charge in [-0.3, -0.25) is 0 Å². The van der Waals surface area contributed by atoms with E-state index in [1.165, 1.54) is 0 Å². The first-order chi connectivity index (χ1) is 8.45. The predicted molar refractivity (Wildman–Crippen MR) is 75.9 cm³/mol. The lowest BCUT2D eigenvalue weighted by Gasteiger charge is -2.08. The molecule has 1 aromatic carbocycles. The number of rotatable bonds is 5. The Hall–Kier alpha value is -1.05. The molecule has 0 heterocycles. The van der Waals surface area contributed by atoms with E-state index in [2.05, 4.69) is 4.36 Å². The molecule has 1 aromatic rings. The van der Waals surface area contributed by atoms with Gasteiger partial charge in [0, 0.05) is 5.02 Å². The number of hydrogen-bond acceptors (Lipinski definition) is 3. The van der Waals surface area contributed by atoms with Gasteiger partial charge in [0.15, 0.2) is 0 Å². The van der Waals surface area contributed by atoms with Crippen molar-refractivity contribution in [3.05, 3.63) is 34.9 Å². The quantitative estimate of drug-likeness (QED) is 0.831. The van der Waals surface area contributed by atoms with Crippen LogP contribution in [-0.4, -0.2) is 16.5 Å². The van der Waals surface area contributed by atoms with E-state index in [4.69, 9.17) is 16.9 Å². The van der Waals surface area contributed by atoms with Crippen LogP contribution in [0.1, 0.15) is 19.4 Å². The zero-order valence-corrected chi connectivity index (χ0v) is 12.2. The summed E-state index contributed by atoms with van der Waals surface area (Å²) in [6.45, 7) is 4.55. The third-order valence-electron chi connectivity index (χ3n) is 2.27. The van der Waals surface area contributed by atoms with Gasteiger partial charge in [-0.25, -0.2) is 8.57 Å². The van der Waals surface area contributed by atoms with Crippen LogP contribution in [0.3, 0.4) is 0 Å². The zero-order valence-electron chi connectivity index (χ0n) is 10.6. The Morgan fingerprint density at radius 1 is 1.39 bits per heavy atom. The highest BCUT2D eigenvalue weighted by atomic mass is 35.5. The molecule has 0 bridgehead atoms. The van der Waals surface area contributed by atoms with Crippen LogP contribution in [-0.2, 0) is 15.5 Å². The maximum atomic E-state index is 12.5. The van der Waals surface area contributed by atoms with Gasteiger partial charge in [-0.1, -0.05) is 37.6 Å². The van der Waals surface area contributed by atoms with E-state index in [0.717, 1.165) is 5.56 Å². The Morgan fingerprint density at radius 2 is 2.00 bits per heavy atom. The first-order valence-corrected chi connectivity index (χ1v) is 7.98. The molecule has 0 aliphatic carbocycles. The van der Waals surface area contributed by atoms with Crippen molar-refractivity contribution in [2.45, 2.75) is 19.6 Å².